The molecule has 2 aromatic rings. The zero-order valence-corrected chi connectivity index (χ0v) is 11.2. The molecule has 2 amide bonds. The predicted octanol–water partition coefficient (Wildman–Crippen LogP) is 3.48. The first-order valence-corrected chi connectivity index (χ1v) is 6.14. The molecule has 0 bridgehead atoms. The minimum atomic E-state index is -1.15. The lowest BCUT2D eigenvalue weighted by atomic mass is 10.1. The molecule has 0 heterocycles. The first-order valence-electron chi connectivity index (χ1n) is 6.14. The number of carbonyl (C=O) groups is 2. The molecule has 0 aromatic heterocycles. The number of aromatic carboxylic acids is 1. The molecular weight excluding hydrogens is 275 g/mol. The summed E-state index contributed by atoms with van der Waals surface area (Å²) in [7, 11) is 0. The topological polar surface area (TPSA) is 78.4 Å². The van der Waals surface area contributed by atoms with E-state index in [1.54, 1.807) is 25.1 Å². The third-order valence-electron chi connectivity index (χ3n) is 2.86. The molecule has 6 heteroatoms. The summed E-state index contributed by atoms with van der Waals surface area (Å²) < 4.78 is 13.4. The van der Waals surface area contributed by atoms with Gasteiger partial charge in [-0.05, 0) is 30.7 Å². The van der Waals surface area contributed by atoms with Gasteiger partial charge in [-0.25, -0.2) is 14.0 Å². The number of rotatable bonds is 3. The van der Waals surface area contributed by atoms with Crippen LogP contribution in [-0.2, 0) is 0 Å². The van der Waals surface area contributed by atoms with Crippen LogP contribution in [-0.4, -0.2) is 17.1 Å². The molecule has 0 radical (unpaired) electrons. The Kier molecular flexibility index (Phi) is 4.18. The highest BCUT2D eigenvalue weighted by molar-refractivity contribution is 6.05. The van der Waals surface area contributed by atoms with Gasteiger partial charge in [0, 0.05) is 0 Å². The monoisotopic (exact) mass is 288 g/mol. The average molecular weight is 288 g/mol. The Hall–Kier alpha value is -2.89. The highest BCUT2D eigenvalue weighted by Gasteiger charge is 2.15. The molecule has 0 saturated heterocycles. The van der Waals surface area contributed by atoms with Crippen molar-refractivity contribution >= 4 is 23.4 Å². The number of carboxylic acids is 1. The second-order valence-corrected chi connectivity index (χ2v) is 4.36. The zero-order chi connectivity index (χ0) is 15.4. The first-order chi connectivity index (χ1) is 9.99. The lowest BCUT2D eigenvalue weighted by Gasteiger charge is -2.12. The molecule has 5 nitrogen and oxygen atoms in total. The van der Waals surface area contributed by atoms with Gasteiger partial charge in [0.15, 0.2) is 0 Å². The first kappa shape index (κ1) is 14.5. The largest absolute Gasteiger partial charge is 0.478 e. The number of urea groups is 1. The summed E-state index contributed by atoms with van der Waals surface area (Å²) in [6, 6.07) is 9.63. The van der Waals surface area contributed by atoms with Crippen LogP contribution in [0.5, 0.6) is 0 Å². The van der Waals surface area contributed by atoms with E-state index in [2.05, 4.69) is 10.6 Å². The van der Waals surface area contributed by atoms with E-state index < -0.39 is 17.8 Å². The number of aryl methyl sites for hydroxylation is 1. The number of hydrogen-bond donors (Lipinski definition) is 3. The van der Waals surface area contributed by atoms with Crippen molar-refractivity contribution in [3.63, 3.8) is 0 Å². The van der Waals surface area contributed by atoms with E-state index >= 15 is 0 Å². The Morgan fingerprint density at radius 3 is 2.43 bits per heavy atom. The van der Waals surface area contributed by atoms with E-state index in [1.807, 2.05) is 0 Å². The van der Waals surface area contributed by atoms with Gasteiger partial charge in [-0.15, -0.1) is 0 Å². The van der Waals surface area contributed by atoms with Crippen LogP contribution in [0.3, 0.4) is 0 Å². The van der Waals surface area contributed by atoms with Crippen molar-refractivity contribution in [2.24, 2.45) is 0 Å². The minimum Gasteiger partial charge on any atom is -0.478 e. The van der Waals surface area contributed by atoms with Gasteiger partial charge in [0.1, 0.15) is 5.82 Å². The van der Waals surface area contributed by atoms with Crippen molar-refractivity contribution in [3.8, 4) is 0 Å². The Morgan fingerprint density at radius 1 is 1.05 bits per heavy atom. The van der Waals surface area contributed by atoms with Crippen LogP contribution in [0.25, 0.3) is 0 Å². The Balaban J connectivity index is 2.21. The van der Waals surface area contributed by atoms with Gasteiger partial charge in [0.25, 0.3) is 0 Å². The lowest BCUT2D eigenvalue weighted by molar-refractivity contribution is 0.0698. The number of halogens is 1. The summed E-state index contributed by atoms with van der Waals surface area (Å²) in [5.41, 5.74) is 0.761. The SMILES string of the molecule is Cc1cccc(C(=O)O)c1NC(=O)Nc1ccccc1F. The number of carboxylic acid groups (broad SMARTS) is 1. The van der Waals surface area contributed by atoms with E-state index in [1.165, 1.54) is 24.3 Å². The number of para-hydroxylation sites is 2. The molecule has 0 aliphatic heterocycles. The molecule has 108 valence electrons. The van der Waals surface area contributed by atoms with Gasteiger partial charge in [0.2, 0.25) is 0 Å². The summed E-state index contributed by atoms with van der Waals surface area (Å²) in [6.07, 6.45) is 0. The van der Waals surface area contributed by atoms with Crippen LogP contribution < -0.4 is 10.6 Å². The number of carbonyl (C=O) groups excluding carboxylic acids is 1. The molecule has 2 aromatic carbocycles. The maximum absolute atomic E-state index is 13.4. The Morgan fingerprint density at radius 2 is 1.76 bits per heavy atom. The normalized spacial score (nSPS) is 10.0. The molecule has 0 fully saturated rings. The Labute approximate surface area is 120 Å². The van der Waals surface area contributed by atoms with E-state index in [4.69, 9.17) is 5.11 Å². The lowest BCUT2D eigenvalue weighted by Crippen LogP contribution is -2.22. The Bertz CT molecular complexity index is 701. The highest BCUT2D eigenvalue weighted by Crippen LogP contribution is 2.21. The number of nitrogens with one attached hydrogen (secondary N) is 2. The molecule has 0 saturated carbocycles. The molecule has 0 spiro atoms. The summed E-state index contributed by atoms with van der Waals surface area (Å²) in [5, 5.41) is 13.9. The van der Waals surface area contributed by atoms with Crippen molar-refractivity contribution in [3.05, 3.63) is 59.4 Å². The van der Waals surface area contributed by atoms with Crippen molar-refractivity contribution in [1.82, 2.24) is 0 Å². The van der Waals surface area contributed by atoms with Crippen LogP contribution in [0.15, 0.2) is 42.5 Å². The zero-order valence-electron chi connectivity index (χ0n) is 11.2. The molecule has 2 rings (SSSR count). The molecule has 0 aliphatic carbocycles. The maximum Gasteiger partial charge on any atom is 0.337 e. The van der Waals surface area contributed by atoms with Crippen LogP contribution in [0, 0.1) is 12.7 Å². The molecular formula is C15H13FN2O3. The van der Waals surface area contributed by atoms with Gasteiger partial charge in [-0.3, -0.25) is 0 Å². The van der Waals surface area contributed by atoms with E-state index in [9.17, 15) is 14.0 Å². The molecule has 3 N–H and O–H groups in total. The van der Waals surface area contributed by atoms with Crippen LogP contribution in [0.2, 0.25) is 0 Å². The maximum atomic E-state index is 13.4. The minimum absolute atomic E-state index is 0.0143. The predicted molar refractivity (Wildman–Crippen MR) is 77.2 cm³/mol. The number of benzene rings is 2. The smallest absolute Gasteiger partial charge is 0.337 e. The summed E-state index contributed by atoms with van der Waals surface area (Å²) >= 11 is 0. The number of hydrogen-bond acceptors (Lipinski definition) is 2. The van der Waals surface area contributed by atoms with Crippen LogP contribution in [0.1, 0.15) is 15.9 Å². The summed E-state index contributed by atoms with van der Waals surface area (Å²) in [4.78, 5) is 23.0. The summed E-state index contributed by atoms with van der Waals surface area (Å²) in [5.74, 6) is -1.73. The fraction of sp³-hybridized carbons (Fsp3) is 0.0667. The van der Waals surface area contributed by atoms with E-state index in [-0.39, 0.29) is 16.9 Å². The quantitative estimate of drug-likeness (QED) is 0.809. The van der Waals surface area contributed by atoms with Gasteiger partial charge < -0.3 is 15.7 Å². The molecule has 0 unspecified atom stereocenters. The van der Waals surface area contributed by atoms with Gasteiger partial charge in [0.05, 0.1) is 16.9 Å². The second kappa shape index (κ2) is 6.04. The average Bonchev–Trinajstić information content (AvgIpc) is 2.43. The standard InChI is InChI=1S/C15H13FN2O3/c1-9-5-4-6-10(14(19)20)13(9)18-15(21)17-12-8-3-2-7-11(12)16/h2-8H,1H3,(H,19,20)(H2,17,18,21). The van der Waals surface area contributed by atoms with Crippen molar-refractivity contribution in [2.75, 3.05) is 10.6 Å². The van der Waals surface area contributed by atoms with Crippen molar-refractivity contribution in [1.29, 1.82) is 0 Å². The third-order valence-corrected chi connectivity index (χ3v) is 2.86. The van der Waals surface area contributed by atoms with Crippen LogP contribution >= 0.6 is 0 Å². The highest BCUT2D eigenvalue weighted by atomic mass is 19.1. The molecule has 0 aliphatic rings. The molecule has 0 atom stereocenters. The van der Waals surface area contributed by atoms with Gasteiger partial charge in [-0.1, -0.05) is 24.3 Å². The van der Waals surface area contributed by atoms with E-state index in [0.29, 0.717) is 5.56 Å². The number of amides is 2. The summed E-state index contributed by atoms with van der Waals surface area (Å²) in [6.45, 7) is 1.67. The van der Waals surface area contributed by atoms with Gasteiger partial charge in [-0.2, -0.15) is 0 Å². The van der Waals surface area contributed by atoms with Crippen molar-refractivity contribution < 1.29 is 19.1 Å². The van der Waals surface area contributed by atoms with E-state index in [0.717, 1.165) is 0 Å². The van der Waals surface area contributed by atoms with Crippen LogP contribution in [0.4, 0.5) is 20.6 Å². The second-order valence-electron chi connectivity index (χ2n) is 4.36. The third kappa shape index (κ3) is 3.36. The van der Waals surface area contributed by atoms with Gasteiger partial charge >= 0.3 is 12.0 Å². The van der Waals surface area contributed by atoms with Crippen molar-refractivity contribution in [2.45, 2.75) is 6.92 Å². The molecule has 21 heavy (non-hydrogen) atoms. The fourth-order valence-electron chi connectivity index (χ4n) is 1.84. The fourth-order valence-corrected chi connectivity index (χ4v) is 1.84. The number of anilines is 2.